The van der Waals surface area contributed by atoms with Crippen molar-refractivity contribution in [1.29, 1.82) is 0 Å². The maximum atomic E-state index is 10.9. The first kappa shape index (κ1) is 6.16. The second-order valence-corrected chi connectivity index (χ2v) is 3.12. The van der Waals surface area contributed by atoms with Gasteiger partial charge in [0.2, 0.25) is 0 Å². The first-order valence-corrected chi connectivity index (χ1v) is 3.62. The van der Waals surface area contributed by atoms with Gasteiger partial charge in [-0.15, -0.1) is 0 Å². The van der Waals surface area contributed by atoms with Crippen LogP contribution in [-0.4, -0.2) is 23.8 Å². The van der Waals surface area contributed by atoms with Crippen LogP contribution in [0.15, 0.2) is 0 Å². The molecule has 1 heterocycles. The highest BCUT2D eigenvalue weighted by atomic mass is 16.5. The van der Waals surface area contributed by atoms with Crippen molar-refractivity contribution in [3.05, 3.63) is 0 Å². The van der Waals surface area contributed by atoms with Crippen molar-refractivity contribution in [3.63, 3.8) is 0 Å². The molecule has 0 amide bonds. The zero-order valence-electron chi connectivity index (χ0n) is 5.62. The van der Waals surface area contributed by atoms with Gasteiger partial charge in [0.15, 0.2) is 0 Å². The van der Waals surface area contributed by atoms with Crippen LogP contribution in [0, 0.1) is 11.8 Å². The summed E-state index contributed by atoms with van der Waals surface area (Å²) in [5.74, 6) is 0.207. The fourth-order valence-electron chi connectivity index (χ4n) is 1.86. The van der Waals surface area contributed by atoms with E-state index >= 15 is 0 Å². The molecule has 1 aliphatic carbocycles. The molecule has 1 saturated heterocycles. The summed E-state index contributed by atoms with van der Waals surface area (Å²) in [5, 5.41) is 9.14. The summed E-state index contributed by atoms with van der Waals surface area (Å²) in [5.41, 5.74) is 0. The molecule has 0 unspecified atom stereocenters. The highest BCUT2D eigenvalue weighted by Gasteiger charge is 2.43. The van der Waals surface area contributed by atoms with Crippen LogP contribution in [0.25, 0.3) is 0 Å². The number of fused-ring (bicyclic) bond motifs is 1. The number of carbonyl (C=O) groups excluding carboxylic acids is 1. The number of hydrogen-bond acceptors (Lipinski definition) is 3. The fourth-order valence-corrected chi connectivity index (χ4v) is 1.86. The Morgan fingerprint density at radius 1 is 1.50 bits per heavy atom. The molecule has 10 heavy (non-hydrogen) atoms. The number of hydrogen-bond donors (Lipinski definition) is 1. The smallest absolute Gasteiger partial charge is 0.309 e. The molecule has 1 saturated carbocycles. The summed E-state index contributed by atoms with van der Waals surface area (Å²) in [6.07, 6.45) is 1.10. The lowest BCUT2D eigenvalue weighted by Gasteiger charge is -2.00. The molecule has 56 valence electrons. The van der Waals surface area contributed by atoms with E-state index in [4.69, 9.17) is 9.84 Å². The van der Waals surface area contributed by atoms with Crippen LogP contribution in [0.3, 0.4) is 0 Å². The Bertz CT molecular complexity index is 166. The molecule has 3 nitrogen and oxygen atoms in total. The first-order valence-electron chi connectivity index (χ1n) is 3.62. The second-order valence-electron chi connectivity index (χ2n) is 3.12. The van der Waals surface area contributed by atoms with Crippen LogP contribution in [0.4, 0.5) is 0 Å². The van der Waals surface area contributed by atoms with Crippen LogP contribution in [-0.2, 0) is 9.53 Å². The summed E-state index contributed by atoms with van der Waals surface area (Å²) in [4.78, 5) is 10.9. The highest BCUT2D eigenvalue weighted by molar-refractivity contribution is 5.75. The molecule has 0 aromatic heterocycles. The van der Waals surface area contributed by atoms with E-state index in [9.17, 15) is 4.79 Å². The van der Waals surface area contributed by atoms with E-state index in [2.05, 4.69) is 0 Å². The molecule has 0 aromatic carbocycles. The van der Waals surface area contributed by atoms with E-state index in [1.54, 1.807) is 0 Å². The third-order valence-electron chi connectivity index (χ3n) is 2.41. The number of aliphatic hydroxyl groups is 1. The molecule has 0 spiro atoms. The monoisotopic (exact) mass is 142 g/mol. The van der Waals surface area contributed by atoms with Gasteiger partial charge in [-0.25, -0.2) is 0 Å². The molecule has 0 bridgehead atoms. The normalized spacial score (nSPS) is 45.3. The lowest BCUT2D eigenvalue weighted by molar-refractivity contribution is -0.141. The molecule has 3 heteroatoms. The number of cyclic esters (lactones) is 1. The van der Waals surface area contributed by atoms with Gasteiger partial charge < -0.3 is 9.84 Å². The van der Waals surface area contributed by atoms with Crippen molar-refractivity contribution in [2.75, 3.05) is 6.61 Å². The Labute approximate surface area is 59.0 Å². The molecular formula is C7H10O3. The second kappa shape index (κ2) is 1.95. The molecule has 2 fully saturated rings. The summed E-state index contributed by atoms with van der Waals surface area (Å²) >= 11 is 0. The van der Waals surface area contributed by atoms with Crippen molar-refractivity contribution in [1.82, 2.24) is 0 Å². The molecule has 0 aromatic rings. The van der Waals surface area contributed by atoms with Gasteiger partial charge in [0.25, 0.3) is 0 Å². The van der Waals surface area contributed by atoms with Gasteiger partial charge in [-0.3, -0.25) is 4.79 Å². The number of aliphatic hydroxyl groups excluding tert-OH is 1. The van der Waals surface area contributed by atoms with Crippen LogP contribution in [0.1, 0.15) is 12.8 Å². The summed E-state index contributed by atoms with van der Waals surface area (Å²) < 4.78 is 4.82. The Kier molecular flexibility index (Phi) is 1.20. The van der Waals surface area contributed by atoms with Crippen molar-refractivity contribution in [2.24, 2.45) is 11.8 Å². The Morgan fingerprint density at radius 3 is 3.00 bits per heavy atom. The van der Waals surface area contributed by atoms with Gasteiger partial charge in [0, 0.05) is 5.92 Å². The maximum Gasteiger partial charge on any atom is 0.309 e. The number of carbonyl (C=O) groups is 1. The predicted octanol–water partition coefficient (Wildman–Crippen LogP) is -0.0697. The van der Waals surface area contributed by atoms with Crippen molar-refractivity contribution >= 4 is 5.97 Å². The largest absolute Gasteiger partial charge is 0.465 e. The third kappa shape index (κ3) is 0.736. The van der Waals surface area contributed by atoms with Crippen molar-refractivity contribution in [3.8, 4) is 0 Å². The zero-order chi connectivity index (χ0) is 7.14. The zero-order valence-corrected chi connectivity index (χ0v) is 5.62. The molecule has 2 aliphatic rings. The first-order chi connectivity index (χ1) is 4.77. The van der Waals surface area contributed by atoms with Crippen LogP contribution in [0.2, 0.25) is 0 Å². The minimum atomic E-state index is -0.261. The number of esters is 1. The molecule has 3 atom stereocenters. The Hall–Kier alpha value is -0.570. The Morgan fingerprint density at radius 2 is 2.30 bits per heavy atom. The molecule has 0 radical (unpaired) electrons. The van der Waals surface area contributed by atoms with Crippen LogP contribution in [0.5, 0.6) is 0 Å². The lowest BCUT2D eigenvalue weighted by Crippen LogP contribution is -2.09. The molecular weight excluding hydrogens is 132 g/mol. The van der Waals surface area contributed by atoms with Gasteiger partial charge in [-0.2, -0.15) is 0 Å². The van der Waals surface area contributed by atoms with Crippen LogP contribution >= 0.6 is 0 Å². The molecule has 1 N–H and O–H groups in total. The number of ether oxygens (including phenoxy) is 1. The van der Waals surface area contributed by atoms with E-state index in [1.807, 2.05) is 0 Å². The van der Waals surface area contributed by atoms with Gasteiger partial charge >= 0.3 is 5.97 Å². The summed E-state index contributed by atoms with van der Waals surface area (Å²) in [6.45, 7) is 0.528. The van der Waals surface area contributed by atoms with Gasteiger partial charge in [0.1, 0.15) is 0 Å². The van der Waals surface area contributed by atoms with E-state index in [0.29, 0.717) is 18.9 Å². The van der Waals surface area contributed by atoms with Crippen molar-refractivity contribution < 1.29 is 14.6 Å². The summed E-state index contributed by atoms with van der Waals surface area (Å²) in [7, 11) is 0. The van der Waals surface area contributed by atoms with Gasteiger partial charge in [0.05, 0.1) is 18.6 Å². The average molecular weight is 142 g/mol. The number of rotatable bonds is 0. The van der Waals surface area contributed by atoms with E-state index in [0.717, 1.165) is 6.42 Å². The minimum Gasteiger partial charge on any atom is -0.465 e. The average Bonchev–Trinajstić information content (AvgIpc) is 2.35. The quantitative estimate of drug-likeness (QED) is 0.481. The van der Waals surface area contributed by atoms with E-state index in [1.165, 1.54) is 0 Å². The van der Waals surface area contributed by atoms with E-state index < -0.39 is 0 Å². The maximum absolute atomic E-state index is 10.9. The standard InChI is InChI=1S/C7H10O3/c8-5-1-4-3-10-7(9)6(4)2-5/h4-6,8H,1-3H2/t4-,5-,6-/m0/s1. The van der Waals surface area contributed by atoms with E-state index in [-0.39, 0.29) is 18.0 Å². The molecule has 1 aliphatic heterocycles. The molecule has 2 rings (SSSR count). The third-order valence-corrected chi connectivity index (χ3v) is 2.41. The summed E-state index contributed by atoms with van der Waals surface area (Å²) in [6, 6.07) is 0. The van der Waals surface area contributed by atoms with Gasteiger partial charge in [-0.1, -0.05) is 0 Å². The Balaban J connectivity index is 2.12. The lowest BCUT2D eigenvalue weighted by atomic mass is 10.0. The highest BCUT2D eigenvalue weighted by Crippen LogP contribution is 2.37. The SMILES string of the molecule is O=C1OC[C@@H]2C[C@H](O)C[C@H]12. The minimum absolute atomic E-state index is 0.00926. The fraction of sp³-hybridized carbons (Fsp3) is 0.857. The van der Waals surface area contributed by atoms with Gasteiger partial charge in [-0.05, 0) is 12.8 Å². The topological polar surface area (TPSA) is 46.5 Å². The van der Waals surface area contributed by atoms with Crippen LogP contribution < -0.4 is 0 Å². The predicted molar refractivity (Wildman–Crippen MR) is 33.2 cm³/mol. The van der Waals surface area contributed by atoms with Crippen molar-refractivity contribution in [2.45, 2.75) is 18.9 Å².